The van der Waals surface area contributed by atoms with Crippen LogP contribution in [0, 0.1) is 0 Å². The number of unbranched alkanes of at least 4 members (excludes halogenated alkanes) is 5. The van der Waals surface area contributed by atoms with Crippen molar-refractivity contribution in [2.75, 3.05) is 17.7 Å². The highest BCUT2D eigenvalue weighted by atomic mass is 32.2. The lowest BCUT2D eigenvalue weighted by atomic mass is 10.1. The van der Waals surface area contributed by atoms with Crippen molar-refractivity contribution in [1.82, 2.24) is 15.2 Å². The maximum absolute atomic E-state index is 6.46. The summed E-state index contributed by atoms with van der Waals surface area (Å²) >= 11 is 1.63. The third-order valence-electron chi connectivity index (χ3n) is 5.77. The molecule has 2 heterocycles. The Labute approximate surface area is 206 Å². The number of thioether (sulfide) groups is 1. The molecule has 1 aromatic heterocycles. The van der Waals surface area contributed by atoms with Crippen LogP contribution in [0.1, 0.15) is 70.6 Å². The normalized spacial score (nSPS) is 14.4. The summed E-state index contributed by atoms with van der Waals surface area (Å²) in [6.45, 7) is 5.12. The van der Waals surface area contributed by atoms with Crippen molar-refractivity contribution in [3.63, 3.8) is 0 Å². The average Bonchev–Trinajstić information content (AvgIpc) is 3.03. The molecule has 1 N–H and O–H groups in total. The molecule has 1 atom stereocenters. The molecule has 0 bridgehead atoms. The number of benzene rings is 2. The van der Waals surface area contributed by atoms with E-state index in [0.29, 0.717) is 23.3 Å². The summed E-state index contributed by atoms with van der Waals surface area (Å²) in [7, 11) is 0. The standard InChI is InChI=1S/C27H34N4O2S/c1-3-5-7-12-18-32-23-17-11-9-15-21(23)25-28-22-16-10-8-14-20(22)24-26(33-25)29-27(31-30-24)34-19-13-6-4-2/h8-11,14-17,25,28H,3-7,12-13,18-19H2,1-2H3/t25-/m0/s1. The third-order valence-corrected chi connectivity index (χ3v) is 6.69. The number of para-hydroxylation sites is 2. The minimum atomic E-state index is -0.455. The van der Waals surface area contributed by atoms with Crippen molar-refractivity contribution in [2.45, 2.75) is 70.2 Å². The monoisotopic (exact) mass is 478 g/mol. The number of aromatic nitrogens is 3. The fraction of sp³-hybridized carbons (Fsp3) is 0.444. The van der Waals surface area contributed by atoms with Gasteiger partial charge in [0.25, 0.3) is 0 Å². The van der Waals surface area contributed by atoms with E-state index in [1.807, 2.05) is 48.5 Å². The van der Waals surface area contributed by atoms with Crippen LogP contribution in [0.25, 0.3) is 11.3 Å². The zero-order valence-electron chi connectivity index (χ0n) is 20.1. The van der Waals surface area contributed by atoms with Crippen LogP contribution in [0.3, 0.4) is 0 Å². The topological polar surface area (TPSA) is 69.2 Å². The van der Waals surface area contributed by atoms with Gasteiger partial charge in [-0.05, 0) is 31.0 Å². The van der Waals surface area contributed by atoms with E-state index in [1.54, 1.807) is 11.8 Å². The first-order valence-corrected chi connectivity index (χ1v) is 13.4. The quantitative estimate of drug-likeness (QED) is 0.217. The van der Waals surface area contributed by atoms with Crippen LogP contribution in [0.15, 0.2) is 53.7 Å². The molecule has 7 heteroatoms. The van der Waals surface area contributed by atoms with Gasteiger partial charge in [0.1, 0.15) is 5.75 Å². The molecule has 0 unspecified atom stereocenters. The Morgan fingerprint density at radius 3 is 2.59 bits per heavy atom. The molecule has 1 aliphatic rings. The van der Waals surface area contributed by atoms with Gasteiger partial charge in [-0.3, -0.25) is 0 Å². The van der Waals surface area contributed by atoms with E-state index in [9.17, 15) is 0 Å². The molecule has 180 valence electrons. The van der Waals surface area contributed by atoms with E-state index in [4.69, 9.17) is 14.5 Å². The third kappa shape index (κ3) is 6.20. The molecule has 34 heavy (non-hydrogen) atoms. The first-order chi connectivity index (χ1) is 16.8. The lowest BCUT2D eigenvalue weighted by Crippen LogP contribution is -2.18. The van der Waals surface area contributed by atoms with E-state index < -0.39 is 6.23 Å². The number of fused-ring (bicyclic) bond motifs is 3. The van der Waals surface area contributed by atoms with Crippen molar-refractivity contribution in [1.29, 1.82) is 0 Å². The molecule has 0 radical (unpaired) electrons. The van der Waals surface area contributed by atoms with Gasteiger partial charge in [-0.15, -0.1) is 10.2 Å². The highest BCUT2D eigenvalue weighted by molar-refractivity contribution is 7.99. The van der Waals surface area contributed by atoms with Gasteiger partial charge in [0.2, 0.25) is 17.3 Å². The lowest BCUT2D eigenvalue weighted by Gasteiger charge is -2.22. The number of hydrogen-bond acceptors (Lipinski definition) is 7. The summed E-state index contributed by atoms with van der Waals surface area (Å²) in [4.78, 5) is 4.76. The number of ether oxygens (including phenoxy) is 2. The van der Waals surface area contributed by atoms with Gasteiger partial charge in [0.05, 0.1) is 12.2 Å². The molecule has 4 rings (SSSR count). The molecule has 6 nitrogen and oxygen atoms in total. The molecule has 1 aliphatic heterocycles. The second kappa shape index (κ2) is 12.6. The van der Waals surface area contributed by atoms with Gasteiger partial charge >= 0.3 is 0 Å². The summed E-state index contributed by atoms with van der Waals surface area (Å²) < 4.78 is 12.6. The molecule has 0 saturated carbocycles. The minimum absolute atomic E-state index is 0.455. The first kappa shape index (κ1) is 24.3. The van der Waals surface area contributed by atoms with Crippen molar-refractivity contribution < 1.29 is 9.47 Å². The molecule has 3 aromatic rings. The summed E-state index contributed by atoms with van der Waals surface area (Å²) in [6.07, 6.45) is 7.75. The Hall–Kier alpha value is -2.80. The summed E-state index contributed by atoms with van der Waals surface area (Å²) in [5.74, 6) is 2.29. The summed E-state index contributed by atoms with van der Waals surface area (Å²) in [6, 6.07) is 16.1. The summed E-state index contributed by atoms with van der Waals surface area (Å²) in [5, 5.41) is 13.1. The number of anilines is 1. The van der Waals surface area contributed by atoms with Gasteiger partial charge in [0.15, 0.2) is 5.69 Å². The lowest BCUT2D eigenvalue weighted by molar-refractivity contribution is 0.215. The number of nitrogens with zero attached hydrogens (tertiary/aromatic N) is 3. The Bertz CT molecular complexity index is 1060. The van der Waals surface area contributed by atoms with Crippen LogP contribution in [-0.2, 0) is 0 Å². The number of hydrogen-bond donors (Lipinski definition) is 1. The van der Waals surface area contributed by atoms with E-state index in [-0.39, 0.29) is 0 Å². The van der Waals surface area contributed by atoms with Crippen molar-refractivity contribution in [3.05, 3.63) is 54.1 Å². The van der Waals surface area contributed by atoms with Gasteiger partial charge in [-0.1, -0.05) is 88.0 Å². The SMILES string of the molecule is CCCCCCOc1ccccc1[C@H]1Nc2ccccc2-c2nnc(SCCCCC)nc2O1. The first-order valence-electron chi connectivity index (χ1n) is 12.4. The molecule has 0 spiro atoms. The van der Waals surface area contributed by atoms with Gasteiger partial charge in [-0.2, -0.15) is 4.98 Å². The Morgan fingerprint density at radius 2 is 1.71 bits per heavy atom. The van der Waals surface area contributed by atoms with Crippen molar-refractivity contribution >= 4 is 17.4 Å². The van der Waals surface area contributed by atoms with Gasteiger partial charge in [-0.25, -0.2) is 0 Å². The Balaban J connectivity index is 1.60. The molecule has 0 saturated heterocycles. The van der Waals surface area contributed by atoms with Crippen LogP contribution >= 0.6 is 11.8 Å². The second-order valence-electron chi connectivity index (χ2n) is 8.44. The fourth-order valence-electron chi connectivity index (χ4n) is 3.90. The molecule has 0 aliphatic carbocycles. The second-order valence-corrected chi connectivity index (χ2v) is 9.50. The molecular weight excluding hydrogens is 444 g/mol. The predicted octanol–water partition coefficient (Wildman–Crippen LogP) is 7.28. The minimum Gasteiger partial charge on any atom is -0.493 e. The zero-order valence-corrected chi connectivity index (χ0v) is 20.9. The number of rotatable bonds is 12. The summed E-state index contributed by atoms with van der Waals surface area (Å²) in [5.41, 5.74) is 3.46. The van der Waals surface area contributed by atoms with E-state index in [2.05, 4.69) is 29.4 Å². The van der Waals surface area contributed by atoms with Crippen LogP contribution in [0.4, 0.5) is 5.69 Å². The molecule has 2 aromatic carbocycles. The Morgan fingerprint density at radius 1 is 0.912 bits per heavy atom. The largest absolute Gasteiger partial charge is 0.493 e. The predicted molar refractivity (Wildman–Crippen MR) is 139 cm³/mol. The highest BCUT2D eigenvalue weighted by Gasteiger charge is 2.27. The van der Waals surface area contributed by atoms with Crippen molar-refractivity contribution in [3.8, 4) is 22.9 Å². The number of nitrogens with one attached hydrogen (secondary N) is 1. The van der Waals surface area contributed by atoms with Crippen LogP contribution < -0.4 is 14.8 Å². The maximum Gasteiger partial charge on any atom is 0.247 e. The Kier molecular flexibility index (Phi) is 9.02. The smallest absolute Gasteiger partial charge is 0.247 e. The van der Waals surface area contributed by atoms with Gasteiger partial charge in [0, 0.05) is 17.0 Å². The van der Waals surface area contributed by atoms with E-state index in [1.165, 1.54) is 32.1 Å². The average molecular weight is 479 g/mol. The molecule has 0 amide bonds. The zero-order chi connectivity index (χ0) is 23.6. The fourth-order valence-corrected chi connectivity index (χ4v) is 4.68. The molecule has 0 fully saturated rings. The van der Waals surface area contributed by atoms with Crippen LogP contribution in [0.2, 0.25) is 0 Å². The van der Waals surface area contributed by atoms with Crippen LogP contribution in [-0.4, -0.2) is 27.5 Å². The molecular formula is C27H34N4O2S. The van der Waals surface area contributed by atoms with Crippen molar-refractivity contribution in [2.24, 2.45) is 0 Å². The highest BCUT2D eigenvalue weighted by Crippen LogP contribution is 2.41. The van der Waals surface area contributed by atoms with E-state index in [0.717, 1.165) is 41.2 Å². The van der Waals surface area contributed by atoms with Gasteiger partial charge < -0.3 is 14.8 Å². The van der Waals surface area contributed by atoms with E-state index >= 15 is 0 Å². The maximum atomic E-state index is 6.46. The van der Waals surface area contributed by atoms with Crippen LogP contribution in [0.5, 0.6) is 11.6 Å².